The van der Waals surface area contributed by atoms with Crippen LogP contribution < -0.4 is 20.5 Å². The van der Waals surface area contributed by atoms with Gasteiger partial charge in [0.1, 0.15) is 11.5 Å². The first kappa shape index (κ1) is 14.8. The molecule has 1 aromatic rings. The third-order valence-corrected chi connectivity index (χ3v) is 4.53. The second kappa shape index (κ2) is 6.74. The highest BCUT2D eigenvalue weighted by molar-refractivity contribution is 7.99. The number of carbonyl (C=O) groups is 1. The lowest BCUT2D eigenvalue weighted by atomic mass is 10.1. The molecule has 0 saturated carbocycles. The van der Waals surface area contributed by atoms with Crippen molar-refractivity contribution in [1.29, 1.82) is 0 Å². The third kappa shape index (κ3) is 3.30. The standard InChI is InChI=1S/C14H20N2O3S/c1-18-10-6-11(13(15)12(7-10)19-2)14(17)16-9-4-3-5-20-8-9/h6-7,9H,3-5,8,15H2,1-2H3,(H,16,17). The number of thioether (sulfide) groups is 1. The summed E-state index contributed by atoms with van der Waals surface area (Å²) in [5.41, 5.74) is 6.72. The van der Waals surface area contributed by atoms with E-state index >= 15 is 0 Å². The minimum atomic E-state index is -0.174. The van der Waals surface area contributed by atoms with Crippen molar-refractivity contribution in [3.63, 3.8) is 0 Å². The largest absolute Gasteiger partial charge is 0.497 e. The maximum atomic E-state index is 12.4. The van der Waals surface area contributed by atoms with Crippen LogP contribution in [0.1, 0.15) is 23.2 Å². The number of anilines is 1. The molecule has 1 aliphatic heterocycles. The highest BCUT2D eigenvalue weighted by atomic mass is 32.2. The number of carbonyl (C=O) groups excluding carboxylic acids is 1. The van der Waals surface area contributed by atoms with Gasteiger partial charge in [0.15, 0.2) is 0 Å². The number of hydrogen-bond acceptors (Lipinski definition) is 5. The van der Waals surface area contributed by atoms with Crippen LogP contribution in [0.15, 0.2) is 12.1 Å². The van der Waals surface area contributed by atoms with Gasteiger partial charge >= 0.3 is 0 Å². The van der Waals surface area contributed by atoms with Gasteiger partial charge in [-0.15, -0.1) is 0 Å². The fraction of sp³-hybridized carbons (Fsp3) is 0.500. The Labute approximate surface area is 123 Å². The van der Waals surface area contributed by atoms with E-state index in [0.29, 0.717) is 22.7 Å². The topological polar surface area (TPSA) is 73.6 Å². The summed E-state index contributed by atoms with van der Waals surface area (Å²) >= 11 is 1.86. The quantitative estimate of drug-likeness (QED) is 0.830. The van der Waals surface area contributed by atoms with Crippen LogP contribution in [0.2, 0.25) is 0 Å². The van der Waals surface area contributed by atoms with Crippen molar-refractivity contribution in [3.05, 3.63) is 17.7 Å². The number of hydrogen-bond donors (Lipinski definition) is 2. The Kier molecular flexibility index (Phi) is 5.00. The molecule has 20 heavy (non-hydrogen) atoms. The van der Waals surface area contributed by atoms with E-state index in [-0.39, 0.29) is 11.9 Å². The number of methoxy groups -OCH3 is 2. The Balaban J connectivity index is 2.19. The van der Waals surface area contributed by atoms with Gasteiger partial charge in [-0.2, -0.15) is 11.8 Å². The maximum Gasteiger partial charge on any atom is 0.253 e. The lowest BCUT2D eigenvalue weighted by molar-refractivity contribution is 0.0939. The zero-order chi connectivity index (χ0) is 14.5. The van der Waals surface area contributed by atoms with Crippen LogP contribution in [0.3, 0.4) is 0 Å². The Bertz CT molecular complexity index is 488. The van der Waals surface area contributed by atoms with Crippen molar-refractivity contribution in [2.75, 3.05) is 31.5 Å². The van der Waals surface area contributed by atoms with Gasteiger partial charge in [0, 0.05) is 17.9 Å². The smallest absolute Gasteiger partial charge is 0.253 e. The van der Waals surface area contributed by atoms with Gasteiger partial charge in [-0.05, 0) is 24.7 Å². The van der Waals surface area contributed by atoms with Crippen LogP contribution in [0.4, 0.5) is 5.69 Å². The normalized spacial score (nSPS) is 18.4. The Morgan fingerprint density at radius 1 is 1.40 bits per heavy atom. The minimum Gasteiger partial charge on any atom is -0.497 e. The maximum absolute atomic E-state index is 12.4. The second-order valence-corrected chi connectivity index (χ2v) is 5.83. The van der Waals surface area contributed by atoms with Crippen molar-refractivity contribution < 1.29 is 14.3 Å². The summed E-state index contributed by atoms with van der Waals surface area (Å²) in [6.45, 7) is 0. The number of ether oxygens (including phenoxy) is 2. The van der Waals surface area contributed by atoms with Crippen molar-refractivity contribution in [2.45, 2.75) is 18.9 Å². The van der Waals surface area contributed by atoms with E-state index in [1.165, 1.54) is 12.9 Å². The molecular weight excluding hydrogens is 276 g/mol. The fourth-order valence-electron chi connectivity index (χ4n) is 2.19. The van der Waals surface area contributed by atoms with Crippen molar-refractivity contribution in [1.82, 2.24) is 5.32 Å². The molecule has 0 bridgehead atoms. The lowest BCUT2D eigenvalue weighted by Gasteiger charge is -2.23. The summed E-state index contributed by atoms with van der Waals surface area (Å²) in [6.07, 6.45) is 2.15. The first-order valence-corrected chi connectivity index (χ1v) is 7.71. The Morgan fingerprint density at radius 3 is 2.80 bits per heavy atom. The van der Waals surface area contributed by atoms with Gasteiger partial charge in [-0.1, -0.05) is 0 Å². The Morgan fingerprint density at radius 2 is 2.20 bits per heavy atom. The molecule has 1 aliphatic rings. The summed E-state index contributed by atoms with van der Waals surface area (Å²) < 4.78 is 10.4. The van der Waals surface area contributed by atoms with Gasteiger partial charge in [-0.25, -0.2) is 0 Å². The average Bonchev–Trinajstić information content (AvgIpc) is 2.48. The molecule has 0 spiro atoms. The van der Waals surface area contributed by atoms with Crippen LogP contribution in [-0.4, -0.2) is 37.7 Å². The molecule has 1 heterocycles. The molecule has 2 rings (SSSR count). The average molecular weight is 296 g/mol. The number of amides is 1. The molecule has 0 aliphatic carbocycles. The monoisotopic (exact) mass is 296 g/mol. The first-order valence-electron chi connectivity index (χ1n) is 6.55. The van der Waals surface area contributed by atoms with E-state index in [1.54, 1.807) is 19.2 Å². The van der Waals surface area contributed by atoms with Crippen LogP contribution in [0.5, 0.6) is 11.5 Å². The molecule has 1 amide bonds. The molecule has 1 fully saturated rings. The van der Waals surface area contributed by atoms with Crippen LogP contribution in [0.25, 0.3) is 0 Å². The van der Waals surface area contributed by atoms with E-state index < -0.39 is 0 Å². The zero-order valence-electron chi connectivity index (χ0n) is 11.8. The molecule has 3 N–H and O–H groups in total. The first-order chi connectivity index (χ1) is 9.65. The van der Waals surface area contributed by atoms with E-state index in [2.05, 4.69) is 5.32 Å². The highest BCUT2D eigenvalue weighted by Gasteiger charge is 2.20. The van der Waals surface area contributed by atoms with Crippen molar-refractivity contribution in [3.8, 4) is 11.5 Å². The van der Waals surface area contributed by atoms with Gasteiger partial charge < -0.3 is 20.5 Å². The van der Waals surface area contributed by atoms with Gasteiger partial charge in [-0.3, -0.25) is 4.79 Å². The summed E-state index contributed by atoms with van der Waals surface area (Å²) in [5, 5.41) is 3.03. The number of nitrogens with one attached hydrogen (secondary N) is 1. The molecule has 110 valence electrons. The van der Waals surface area contributed by atoms with E-state index in [0.717, 1.165) is 18.6 Å². The minimum absolute atomic E-state index is 0.174. The molecule has 0 radical (unpaired) electrons. The number of nitrogen functional groups attached to an aromatic ring is 1. The SMILES string of the molecule is COc1cc(OC)c(N)c(C(=O)NC2CCCSC2)c1. The highest BCUT2D eigenvalue weighted by Crippen LogP contribution is 2.31. The van der Waals surface area contributed by atoms with Crippen molar-refractivity contribution in [2.24, 2.45) is 0 Å². The van der Waals surface area contributed by atoms with Gasteiger partial charge in [0.25, 0.3) is 5.91 Å². The third-order valence-electron chi connectivity index (χ3n) is 3.31. The Hall–Kier alpha value is -1.56. The summed E-state index contributed by atoms with van der Waals surface area (Å²) in [6, 6.07) is 3.52. The molecule has 6 heteroatoms. The van der Waals surface area contributed by atoms with Crippen LogP contribution >= 0.6 is 11.8 Å². The van der Waals surface area contributed by atoms with Gasteiger partial charge in [0.05, 0.1) is 25.5 Å². The van der Waals surface area contributed by atoms with E-state index in [1.807, 2.05) is 11.8 Å². The summed E-state index contributed by atoms with van der Waals surface area (Å²) in [4.78, 5) is 12.4. The van der Waals surface area contributed by atoms with Gasteiger partial charge in [0.2, 0.25) is 0 Å². The molecule has 1 saturated heterocycles. The molecule has 0 aromatic heterocycles. The number of rotatable bonds is 4. The number of benzene rings is 1. The van der Waals surface area contributed by atoms with E-state index in [4.69, 9.17) is 15.2 Å². The van der Waals surface area contributed by atoms with E-state index in [9.17, 15) is 4.79 Å². The number of nitrogens with two attached hydrogens (primary N) is 1. The molecular formula is C14H20N2O3S. The second-order valence-electron chi connectivity index (χ2n) is 4.68. The predicted molar refractivity (Wildman–Crippen MR) is 81.8 cm³/mol. The summed E-state index contributed by atoms with van der Waals surface area (Å²) in [7, 11) is 3.06. The fourth-order valence-corrected chi connectivity index (χ4v) is 3.27. The molecule has 1 aromatic carbocycles. The van der Waals surface area contributed by atoms with Crippen molar-refractivity contribution >= 4 is 23.4 Å². The predicted octanol–water partition coefficient (Wildman–Crippen LogP) is 1.91. The van der Waals surface area contributed by atoms with Crippen LogP contribution in [-0.2, 0) is 0 Å². The molecule has 1 unspecified atom stereocenters. The summed E-state index contributed by atoms with van der Waals surface area (Å²) in [5.74, 6) is 2.95. The zero-order valence-corrected chi connectivity index (χ0v) is 12.6. The lowest BCUT2D eigenvalue weighted by Crippen LogP contribution is -2.38. The van der Waals surface area contributed by atoms with Crippen LogP contribution in [0, 0.1) is 0 Å². The molecule has 1 atom stereocenters. The molecule has 5 nitrogen and oxygen atoms in total.